The van der Waals surface area contributed by atoms with Gasteiger partial charge in [-0.15, -0.1) is 0 Å². The average molecular weight is 145 g/mol. The molecule has 0 aromatic rings. The van der Waals surface area contributed by atoms with Crippen molar-refractivity contribution < 1.29 is 14.6 Å². The molecule has 1 aliphatic rings. The number of nitrogens with one attached hydrogen (secondary N) is 1. The van der Waals surface area contributed by atoms with Crippen LogP contribution < -0.4 is 5.32 Å². The van der Waals surface area contributed by atoms with Crippen LogP contribution in [0, 0.1) is 0 Å². The van der Waals surface area contributed by atoms with Crippen LogP contribution in [-0.2, 0) is 4.74 Å². The number of ether oxygens (including phenoxy) is 1. The summed E-state index contributed by atoms with van der Waals surface area (Å²) in [5.74, 6) is 0. The molecule has 1 amide bonds. The smallest absolute Gasteiger partial charge is 0.407 e. The van der Waals surface area contributed by atoms with Crippen molar-refractivity contribution in [3.8, 4) is 0 Å². The van der Waals surface area contributed by atoms with Gasteiger partial charge in [0.2, 0.25) is 0 Å². The summed E-state index contributed by atoms with van der Waals surface area (Å²) in [6, 6.07) is 0. The summed E-state index contributed by atoms with van der Waals surface area (Å²) in [7, 11) is 0. The number of carbonyl (C=O) groups excluding carboxylic acids is 1. The van der Waals surface area contributed by atoms with E-state index in [1.807, 2.05) is 6.92 Å². The number of hydrogen-bond donors (Lipinski definition) is 2. The van der Waals surface area contributed by atoms with Crippen molar-refractivity contribution >= 4 is 6.09 Å². The van der Waals surface area contributed by atoms with Crippen LogP contribution in [0.5, 0.6) is 0 Å². The van der Waals surface area contributed by atoms with E-state index in [-0.39, 0.29) is 13.2 Å². The highest BCUT2D eigenvalue weighted by atomic mass is 16.6. The fourth-order valence-corrected chi connectivity index (χ4v) is 0.880. The van der Waals surface area contributed by atoms with Crippen molar-refractivity contribution in [3.05, 3.63) is 0 Å². The Morgan fingerprint density at radius 3 is 2.80 bits per heavy atom. The molecule has 0 aromatic heterocycles. The quantitative estimate of drug-likeness (QED) is 0.569. The zero-order valence-corrected chi connectivity index (χ0v) is 5.89. The summed E-state index contributed by atoms with van der Waals surface area (Å²) in [6.07, 6.45) is 0.255. The Bertz CT molecular complexity index is 142. The van der Waals surface area contributed by atoms with E-state index in [1.165, 1.54) is 0 Å². The standard InChI is InChI=1S/C6H11NO3/c1-2-6(3-8)4-10-5(9)7-6/h8H,2-4H2,1H3,(H,7,9). The Hall–Kier alpha value is -0.770. The van der Waals surface area contributed by atoms with Crippen molar-refractivity contribution in [2.24, 2.45) is 0 Å². The Morgan fingerprint density at radius 1 is 1.90 bits per heavy atom. The van der Waals surface area contributed by atoms with E-state index >= 15 is 0 Å². The van der Waals surface area contributed by atoms with Crippen LogP contribution in [0.25, 0.3) is 0 Å². The van der Waals surface area contributed by atoms with Crippen LogP contribution in [0.15, 0.2) is 0 Å². The van der Waals surface area contributed by atoms with Gasteiger partial charge in [-0.25, -0.2) is 4.79 Å². The highest BCUT2D eigenvalue weighted by Crippen LogP contribution is 2.15. The molecule has 4 heteroatoms. The summed E-state index contributed by atoms with van der Waals surface area (Å²) < 4.78 is 4.64. The normalized spacial score (nSPS) is 31.6. The van der Waals surface area contributed by atoms with Gasteiger partial charge in [-0.1, -0.05) is 6.92 Å². The van der Waals surface area contributed by atoms with Gasteiger partial charge in [0, 0.05) is 0 Å². The molecule has 0 aromatic carbocycles. The van der Waals surface area contributed by atoms with Gasteiger partial charge in [-0.2, -0.15) is 0 Å². The first-order chi connectivity index (χ1) is 4.72. The van der Waals surface area contributed by atoms with Crippen molar-refractivity contribution in [2.75, 3.05) is 13.2 Å². The molecule has 1 atom stereocenters. The van der Waals surface area contributed by atoms with Gasteiger partial charge in [0.25, 0.3) is 0 Å². The van der Waals surface area contributed by atoms with Gasteiger partial charge in [0.1, 0.15) is 12.1 Å². The Morgan fingerprint density at radius 2 is 2.60 bits per heavy atom. The predicted octanol–water partition coefficient (Wildman–Crippen LogP) is -0.133. The van der Waals surface area contributed by atoms with E-state index in [0.29, 0.717) is 6.42 Å². The molecular formula is C6H11NO3. The maximum atomic E-state index is 10.5. The molecule has 0 spiro atoms. The van der Waals surface area contributed by atoms with Crippen molar-refractivity contribution in [2.45, 2.75) is 18.9 Å². The number of rotatable bonds is 2. The van der Waals surface area contributed by atoms with E-state index < -0.39 is 11.6 Å². The third-order valence-corrected chi connectivity index (χ3v) is 1.83. The topological polar surface area (TPSA) is 58.6 Å². The monoisotopic (exact) mass is 145 g/mol. The predicted molar refractivity (Wildman–Crippen MR) is 34.6 cm³/mol. The van der Waals surface area contributed by atoms with Crippen LogP contribution in [0.3, 0.4) is 0 Å². The fourth-order valence-electron chi connectivity index (χ4n) is 0.880. The summed E-state index contributed by atoms with van der Waals surface area (Å²) in [5.41, 5.74) is -0.517. The highest BCUT2D eigenvalue weighted by Gasteiger charge is 2.36. The third-order valence-electron chi connectivity index (χ3n) is 1.83. The minimum absolute atomic E-state index is 0.0603. The van der Waals surface area contributed by atoms with Crippen molar-refractivity contribution in [1.82, 2.24) is 5.32 Å². The molecule has 1 heterocycles. The number of carbonyl (C=O) groups is 1. The molecule has 1 rings (SSSR count). The first-order valence-corrected chi connectivity index (χ1v) is 3.28. The van der Waals surface area contributed by atoms with Crippen LogP contribution >= 0.6 is 0 Å². The second-order valence-corrected chi connectivity index (χ2v) is 2.49. The first kappa shape index (κ1) is 7.34. The second-order valence-electron chi connectivity index (χ2n) is 2.49. The third kappa shape index (κ3) is 1.07. The highest BCUT2D eigenvalue weighted by molar-refractivity contribution is 5.70. The number of cyclic esters (lactones) is 1. The zero-order valence-electron chi connectivity index (χ0n) is 5.89. The molecule has 58 valence electrons. The Kier molecular flexibility index (Phi) is 1.80. The molecule has 2 N–H and O–H groups in total. The number of alkyl carbamates (subject to hydrolysis) is 1. The van der Waals surface area contributed by atoms with Gasteiger partial charge in [0.15, 0.2) is 0 Å². The van der Waals surface area contributed by atoms with Crippen LogP contribution in [0.1, 0.15) is 13.3 Å². The minimum Gasteiger partial charge on any atom is -0.447 e. The Balaban J connectivity index is 2.59. The molecule has 0 saturated carbocycles. The molecular weight excluding hydrogens is 134 g/mol. The largest absolute Gasteiger partial charge is 0.447 e. The lowest BCUT2D eigenvalue weighted by atomic mass is 10.0. The van der Waals surface area contributed by atoms with Gasteiger partial charge in [-0.3, -0.25) is 0 Å². The minimum atomic E-state index is -0.517. The summed E-state index contributed by atoms with van der Waals surface area (Å²) in [5, 5.41) is 11.4. The first-order valence-electron chi connectivity index (χ1n) is 3.28. The lowest BCUT2D eigenvalue weighted by molar-refractivity contribution is 0.143. The van der Waals surface area contributed by atoms with Crippen molar-refractivity contribution in [1.29, 1.82) is 0 Å². The van der Waals surface area contributed by atoms with E-state index in [2.05, 4.69) is 10.1 Å². The van der Waals surface area contributed by atoms with Crippen LogP contribution in [-0.4, -0.2) is 30.0 Å². The summed E-state index contributed by atoms with van der Waals surface area (Å²) in [4.78, 5) is 10.5. The molecule has 1 fully saturated rings. The van der Waals surface area contributed by atoms with Crippen molar-refractivity contribution in [3.63, 3.8) is 0 Å². The van der Waals surface area contributed by atoms with E-state index in [9.17, 15) is 4.79 Å². The molecule has 1 unspecified atom stereocenters. The van der Waals surface area contributed by atoms with Gasteiger partial charge < -0.3 is 15.2 Å². The molecule has 4 nitrogen and oxygen atoms in total. The molecule has 0 aliphatic carbocycles. The molecule has 10 heavy (non-hydrogen) atoms. The molecule has 0 bridgehead atoms. The second kappa shape index (κ2) is 2.46. The maximum Gasteiger partial charge on any atom is 0.407 e. The lowest BCUT2D eigenvalue weighted by Crippen LogP contribution is -2.46. The molecule has 1 saturated heterocycles. The summed E-state index contributed by atoms with van der Waals surface area (Å²) in [6.45, 7) is 2.11. The average Bonchev–Trinajstić information content (AvgIpc) is 2.33. The van der Waals surface area contributed by atoms with Gasteiger partial charge >= 0.3 is 6.09 Å². The molecule has 1 aliphatic heterocycles. The van der Waals surface area contributed by atoms with E-state index in [0.717, 1.165) is 0 Å². The van der Waals surface area contributed by atoms with E-state index in [1.54, 1.807) is 0 Å². The van der Waals surface area contributed by atoms with Crippen LogP contribution in [0.4, 0.5) is 4.79 Å². The fraction of sp³-hybridized carbons (Fsp3) is 0.833. The zero-order chi connectivity index (χ0) is 7.61. The lowest BCUT2D eigenvalue weighted by Gasteiger charge is -2.20. The maximum absolute atomic E-state index is 10.5. The number of hydrogen-bond acceptors (Lipinski definition) is 3. The molecule has 0 radical (unpaired) electrons. The number of aliphatic hydroxyl groups excluding tert-OH is 1. The number of aliphatic hydroxyl groups is 1. The SMILES string of the molecule is CCC1(CO)COC(=O)N1. The van der Waals surface area contributed by atoms with E-state index in [4.69, 9.17) is 5.11 Å². The van der Waals surface area contributed by atoms with Gasteiger partial charge in [0.05, 0.1) is 6.61 Å². The number of amides is 1. The van der Waals surface area contributed by atoms with Crippen LogP contribution in [0.2, 0.25) is 0 Å². The van der Waals surface area contributed by atoms with Gasteiger partial charge in [-0.05, 0) is 6.42 Å². The Labute approximate surface area is 59.2 Å². The summed E-state index contributed by atoms with van der Waals surface area (Å²) >= 11 is 0.